The summed E-state index contributed by atoms with van der Waals surface area (Å²) in [7, 11) is 1.48. The van der Waals surface area contributed by atoms with Crippen molar-refractivity contribution in [1.29, 1.82) is 0 Å². The number of hydrogen-bond donors (Lipinski definition) is 3. The van der Waals surface area contributed by atoms with Crippen LogP contribution >= 0.6 is 12.4 Å². The number of nitrogens with one attached hydrogen (secondary N) is 2. The molecule has 0 aliphatic rings. The van der Waals surface area contributed by atoms with Crippen LogP contribution in [0.1, 0.15) is 37.6 Å². The van der Waals surface area contributed by atoms with Crippen LogP contribution in [0.4, 0.5) is 0 Å². The quantitative estimate of drug-likeness (QED) is 0.608. The molecule has 25 heavy (non-hydrogen) atoms. The van der Waals surface area contributed by atoms with Crippen molar-refractivity contribution in [2.45, 2.75) is 39.3 Å². The highest BCUT2D eigenvalue weighted by molar-refractivity contribution is 5.94. The fraction of sp³-hybridized carbons (Fsp3) is 0.529. The molecule has 0 aliphatic carbocycles. The highest BCUT2D eigenvalue weighted by Gasteiger charge is 2.12. The van der Waals surface area contributed by atoms with Gasteiger partial charge in [-0.1, -0.05) is 0 Å². The standard InChI is InChI=1S/C17H27N3O4.ClH/c1-11(2)20-16(21)10-24-14-6-5-13(9-15(14)23-4)17(22)19-8-7-12(3)18;/h5-6,9,11-12H,7-8,10,18H2,1-4H3,(H,19,22)(H,20,21);1H. The summed E-state index contributed by atoms with van der Waals surface area (Å²) in [5.41, 5.74) is 6.10. The summed E-state index contributed by atoms with van der Waals surface area (Å²) in [6.45, 7) is 6.02. The van der Waals surface area contributed by atoms with Crippen molar-refractivity contribution in [1.82, 2.24) is 10.6 Å². The van der Waals surface area contributed by atoms with Crippen LogP contribution in [0.3, 0.4) is 0 Å². The Kier molecular flexibility index (Phi) is 10.6. The summed E-state index contributed by atoms with van der Waals surface area (Å²) in [4.78, 5) is 23.7. The number of carbonyl (C=O) groups excluding carboxylic acids is 2. The maximum atomic E-state index is 12.1. The molecule has 1 unspecified atom stereocenters. The first-order valence-electron chi connectivity index (χ1n) is 7.97. The Morgan fingerprint density at radius 1 is 1.20 bits per heavy atom. The Labute approximate surface area is 155 Å². The van der Waals surface area contributed by atoms with Crippen LogP contribution in [0, 0.1) is 0 Å². The monoisotopic (exact) mass is 373 g/mol. The Morgan fingerprint density at radius 3 is 2.44 bits per heavy atom. The minimum atomic E-state index is -0.218. The van der Waals surface area contributed by atoms with Crippen LogP contribution in [0.5, 0.6) is 11.5 Å². The predicted molar refractivity (Wildman–Crippen MR) is 99.6 cm³/mol. The first kappa shape index (κ1) is 23.0. The van der Waals surface area contributed by atoms with Crippen molar-refractivity contribution in [3.8, 4) is 11.5 Å². The topological polar surface area (TPSA) is 103 Å². The number of rotatable bonds is 9. The van der Waals surface area contributed by atoms with E-state index in [1.165, 1.54) is 7.11 Å². The van der Waals surface area contributed by atoms with Gasteiger partial charge in [-0.25, -0.2) is 0 Å². The van der Waals surface area contributed by atoms with E-state index < -0.39 is 0 Å². The lowest BCUT2D eigenvalue weighted by molar-refractivity contribution is -0.123. The fourth-order valence-electron chi connectivity index (χ4n) is 1.95. The number of carbonyl (C=O) groups is 2. The zero-order chi connectivity index (χ0) is 18.1. The van der Waals surface area contributed by atoms with Crippen molar-refractivity contribution in [3.63, 3.8) is 0 Å². The normalized spacial score (nSPS) is 11.3. The lowest BCUT2D eigenvalue weighted by Gasteiger charge is -2.13. The first-order chi connectivity index (χ1) is 11.3. The zero-order valence-electron chi connectivity index (χ0n) is 15.1. The summed E-state index contributed by atoms with van der Waals surface area (Å²) in [5, 5.41) is 5.53. The lowest BCUT2D eigenvalue weighted by Crippen LogP contribution is -2.34. The van der Waals surface area contributed by atoms with E-state index in [0.717, 1.165) is 0 Å². The smallest absolute Gasteiger partial charge is 0.258 e. The van der Waals surface area contributed by atoms with Crippen molar-refractivity contribution < 1.29 is 19.1 Å². The molecule has 0 radical (unpaired) electrons. The first-order valence-corrected chi connectivity index (χ1v) is 7.97. The van der Waals surface area contributed by atoms with E-state index in [2.05, 4.69) is 10.6 Å². The molecule has 8 heteroatoms. The van der Waals surface area contributed by atoms with E-state index >= 15 is 0 Å². The van der Waals surface area contributed by atoms with E-state index in [-0.39, 0.29) is 42.9 Å². The molecule has 1 atom stereocenters. The van der Waals surface area contributed by atoms with E-state index in [4.69, 9.17) is 15.2 Å². The molecule has 0 spiro atoms. The molecular weight excluding hydrogens is 346 g/mol. The van der Waals surface area contributed by atoms with Crippen LogP contribution in [-0.4, -0.2) is 44.2 Å². The number of hydrogen-bond acceptors (Lipinski definition) is 5. The third-order valence-electron chi connectivity index (χ3n) is 3.12. The highest BCUT2D eigenvalue weighted by Crippen LogP contribution is 2.28. The van der Waals surface area contributed by atoms with Gasteiger partial charge in [0.2, 0.25) is 0 Å². The third-order valence-corrected chi connectivity index (χ3v) is 3.12. The molecular formula is C17H28ClN3O4. The molecule has 0 saturated heterocycles. The van der Waals surface area contributed by atoms with Crippen LogP contribution in [0.2, 0.25) is 0 Å². The van der Waals surface area contributed by atoms with Gasteiger partial charge in [0.25, 0.3) is 11.8 Å². The Hall–Kier alpha value is -1.99. The number of benzene rings is 1. The van der Waals surface area contributed by atoms with E-state index in [1.54, 1.807) is 18.2 Å². The van der Waals surface area contributed by atoms with Gasteiger partial charge in [0.1, 0.15) is 0 Å². The molecule has 142 valence electrons. The van der Waals surface area contributed by atoms with Crippen molar-refractivity contribution >= 4 is 24.2 Å². The SMILES string of the molecule is COc1cc(C(=O)NCCC(C)N)ccc1OCC(=O)NC(C)C.Cl. The van der Waals surface area contributed by atoms with Gasteiger partial charge in [-0.05, 0) is 45.4 Å². The molecule has 0 bridgehead atoms. The Balaban J connectivity index is 0.00000576. The van der Waals surface area contributed by atoms with Crippen LogP contribution in [-0.2, 0) is 4.79 Å². The van der Waals surface area contributed by atoms with E-state index in [1.807, 2.05) is 20.8 Å². The van der Waals surface area contributed by atoms with Crippen LogP contribution in [0.15, 0.2) is 18.2 Å². The number of halogens is 1. The highest BCUT2D eigenvalue weighted by atomic mass is 35.5. The Bertz CT molecular complexity index is 565. The van der Waals surface area contributed by atoms with E-state index in [0.29, 0.717) is 30.0 Å². The summed E-state index contributed by atoms with van der Waals surface area (Å²) >= 11 is 0. The van der Waals surface area contributed by atoms with Gasteiger partial charge in [-0.3, -0.25) is 9.59 Å². The van der Waals surface area contributed by atoms with Gasteiger partial charge < -0.3 is 25.8 Å². The third kappa shape index (κ3) is 8.60. The van der Waals surface area contributed by atoms with Crippen LogP contribution < -0.4 is 25.8 Å². The maximum absolute atomic E-state index is 12.1. The number of amides is 2. The summed E-state index contributed by atoms with van der Waals surface area (Å²) in [6.07, 6.45) is 0.703. The molecule has 0 aromatic heterocycles. The van der Waals surface area contributed by atoms with Crippen molar-refractivity contribution in [2.24, 2.45) is 5.73 Å². The zero-order valence-corrected chi connectivity index (χ0v) is 15.9. The molecule has 4 N–H and O–H groups in total. The average molecular weight is 374 g/mol. The molecule has 1 aromatic carbocycles. The molecule has 0 aliphatic heterocycles. The van der Waals surface area contributed by atoms with Gasteiger partial charge in [0.15, 0.2) is 18.1 Å². The minimum Gasteiger partial charge on any atom is -0.493 e. The fourth-order valence-corrected chi connectivity index (χ4v) is 1.95. The van der Waals surface area contributed by atoms with Crippen LogP contribution in [0.25, 0.3) is 0 Å². The second-order valence-corrected chi connectivity index (χ2v) is 5.90. The molecule has 1 rings (SSSR count). The molecule has 1 aromatic rings. The summed E-state index contributed by atoms with van der Waals surface area (Å²) in [6, 6.07) is 4.90. The summed E-state index contributed by atoms with van der Waals surface area (Å²) < 4.78 is 10.7. The maximum Gasteiger partial charge on any atom is 0.258 e. The van der Waals surface area contributed by atoms with Gasteiger partial charge >= 0.3 is 0 Å². The minimum absolute atomic E-state index is 0. The molecule has 0 heterocycles. The number of methoxy groups -OCH3 is 1. The molecule has 0 saturated carbocycles. The second-order valence-electron chi connectivity index (χ2n) is 5.90. The van der Waals surface area contributed by atoms with Crippen molar-refractivity contribution in [3.05, 3.63) is 23.8 Å². The summed E-state index contributed by atoms with van der Waals surface area (Å²) in [5.74, 6) is 0.374. The van der Waals surface area contributed by atoms with Gasteiger partial charge in [-0.2, -0.15) is 0 Å². The average Bonchev–Trinajstić information content (AvgIpc) is 2.51. The molecule has 0 fully saturated rings. The molecule has 2 amide bonds. The molecule has 7 nitrogen and oxygen atoms in total. The Morgan fingerprint density at radius 2 is 1.88 bits per heavy atom. The largest absolute Gasteiger partial charge is 0.493 e. The van der Waals surface area contributed by atoms with Gasteiger partial charge in [0.05, 0.1) is 7.11 Å². The van der Waals surface area contributed by atoms with E-state index in [9.17, 15) is 9.59 Å². The van der Waals surface area contributed by atoms with Gasteiger partial charge in [-0.15, -0.1) is 12.4 Å². The second kappa shape index (κ2) is 11.5. The predicted octanol–water partition coefficient (Wildman–Crippen LogP) is 1.49. The number of nitrogens with two attached hydrogens (primary N) is 1. The lowest BCUT2D eigenvalue weighted by atomic mass is 10.1. The van der Waals surface area contributed by atoms with Gasteiger partial charge in [0, 0.05) is 24.2 Å². The van der Waals surface area contributed by atoms with Crippen molar-refractivity contribution in [2.75, 3.05) is 20.3 Å². The number of ether oxygens (including phenoxy) is 2.